The summed E-state index contributed by atoms with van der Waals surface area (Å²) in [6.45, 7) is 2.62. The van der Waals surface area contributed by atoms with Crippen LogP contribution in [0.5, 0.6) is 0 Å². The van der Waals surface area contributed by atoms with E-state index < -0.39 is 0 Å². The third kappa shape index (κ3) is 5.58. The second-order valence-corrected chi connectivity index (χ2v) is 10.9. The summed E-state index contributed by atoms with van der Waals surface area (Å²) in [6.07, 6.45) is 1.43. The lowest BCUT2D eigenvalue weighted by atomic mass is 10.2. The van der Waals surface area contributed by atoms with Crippen molar-refractivity contribution >= 4 is 46.6 Å². The molecule has 1 aliphatic heterocycles. The summed E-state index contributed by atoms with van der Waals surface area (Å²) < 4.78 is 7.63. The van der Waals surface area contributed by atoms with Gasteiger partial charge >= 0.3 is 0 Å². The zero-order valence-electron chi connectivity index (χ0n) is 21.3. The van der Waals surface area contributed by atoms with Crippen molar-refractivity contribution in [2.75, 3.05) is 31.1 Å². The van der Waals surface area contributed by atoms with Gasteiger partial charge in [-0.1, -0.05) is 71.4 Å². The number of halogens is 2. The standard InChI is InChI=1S/C29H24Cl2N6O2S/c30-20-7-6-10-22(17-20)35-13-15-36(16-14-35)28(38)25-18-39-26(32-25)19-40-29-34-33-27(23-11-4-5-12-24(23)31)37(29)21-8-2-1-3-9-21/h1-12,17-18H,13-16,19H2. The maximum absolute atomic E-state index is 13.1. The monoisotopic (exact) mass is 590 g/mol. The number of hydrogen-bond acceptors (Lipinski definition) is 7. The van der Waals surface area contributed by atoms with Crippen LogP contribution in [0.1, 0.15) is 16.4 Å². The molecule has 40 heavy (non-hydrogen) atoms. The predicted octanol–water partition coefficient (Wildman–Crippen LogP) is 6.48. The number of nitrogens with zero attached hydrogens (tertiary/aromatic N) is 6. The summed E-state index contributed by atoms with van der Waals surface area (Å²) in [4.78, 5) is 21.6. The van der Waals surface area contributed by atoms with Crippen LogP contribution in [0.2, 0.25) is 10.0 Å². The minimum absolute atomic E-state index is 0.140. The first-order valence-electron chi connectivity index (χ1n) is 12.7. The quantitative estimate of drug-likeness (QED) is 0.200. The van der Waals surface area contributed by atoms with Crippen LogP contribution in [0.25, 0.3) is 17.1 Å². The van der Waals surface area contributed by atoms with E-state index in [1.165, 1.54) is 18.0 Å². The molecule has 0 aliphatic carbocycles. The average molecular weight is 592 g/mol. The fraction of sp³-hybridized carbons (Fsp3) is 0.172. The molecule has 6 rings (SSSR count). The normalized spacial score (nSPS) is 13.6. The van der Waals surface area contributed by atoms with Crippen LogP contribution in [-0.2, 0) is 5.75 Å². The second-order valence-electron chi connectivity index (χ2n) is 9.13. The molecular weight excluding hydrogens is 567 g/mol. The molecule has 11 heteroatoms. The molecule has 0 atom stereocenters. The van der Waals surface area contributed by atoms with Gasteiger partial charge in [-0.25, -0.2) is 4.98 Å². The Hall–Kier alpha value is -3.79. The molecule has 202 valence electrons. The average Bonchev–Trinajstić information content (AvgIpc) is 3.64. The first kappa shape index (κ1) is 26.4. The molecule has 8 nitrogen and oxygen atoms in total. The lowest BCUT2D eigenvalue weighted by molar-refractivity contribution is 0.0741. The van der Waals surface area contributed by atoms with E-state index in [2.05, 4.69) is 20.1 Å². The molecule has 5 aromatic rings. The van der Waals surface area contributed by atoms with Crippen LogP contribution < -0.4 is 4.90 Å². The summed E-state index contributed by atoms with van der Waals surface area (Å²) in [6, 6.07) is 25.2. The van der Waals surface area contributed by atoms with Crippen LogP contribution in [0.15, 0.2) is 94.7 Å². The van der Waals surface area contributed by atoms with E-state index in [1.807, 2.05) is 83.4 Å². The van der Waals surface area contributed by atoms with Gasteiger partial charge in [-0.05, 0) is 42.5 Å². The highest BCUT2D eigenvalue weighted by molar-refractivity contribution is 7.98. The van der Waals surface area contributed by atoms with Crippen molar-refractivity contribution in [1.82, 2.24) is 24.6 Å². The number of carbonyl (C=O) groups is 1. The summed E-state index contributed by atoms with van der Waals surface area (Å²) in [7, 11) is 0. The molecular formula is C29H24Cl2N6O2S. The number of amides is 1. The molecule has 1 aliphatic rings. The second kappa shape index (κ2) is 11.8. The molecule has 1 fully saturated rings. The van der Waals surface area contributed by atoms with Crippen molar-refractivity contribution in [3.05, 3.63) is 107 Å². The number of para-hydroxylation sites is 1. The van der Waals surface area contributed by atoms with Crippen molar-refractivity contribution in [2.24, 2.45) is 0 Å². The van der Waals surface area contributed by atoms with Crippen molar-refractivity contribution < 1.29 is 9.21 Å². The fourth-order valence-electron chi connectivity index (χ4n) is 4.59. The van der Waals surface area contributed by atoms with Crippen LogP contribution >= 0.6 is 35.0 Å². The van der Waals surface area contributed by atoms with Crippen molar-refractivity contribution in [2.45, 2.75) is 10.9 Å². The SMILES string of the molecule is O=C(c1coc(CSc2nnc(-c3ccccc3Cl)n2-c2ccccc2)n1)N1CCN(c2cccc(Cl)c2)CC1. The molecule has 1 saturated heterocycles. The number of hydrogen-bond donors (Lipinski definition) is 0. The first-order chi connectivity index (χ1) is 19.6. The van der Waals surface area contributed by atoms with E-state index in [4.69, 9.17) is 27.6 Å². The molecule has 0 radical (unpaired) electrons. The lowest BCUT2D eigenvalue weighted by Crippen LogP contribution is -2.48. The Labute approximate surface area is 245 Å². The Bertz CT molecular complexity index is 1630. The Morgan fingerprint density at radius 3 is 2.40 bits per heavy atom. The topological polar surface area (TPSA) is 80.3 Å². The van der Waals surface area contributed by atoms with Crippen LogP contribution in [0, 0.1) is 0 Å². The van der Waals surface area contributed by atoms with E-state index in [0.717, 1.165) is 30.0 Å². The number of aromatic nitrogens is 4. The van der Waals surface area contributed by atoms with Crippen molar-refractivity contribution in [1.29, 1.82) is 0 Å². The smallest absolute Gasteiger partial charge is 0.275 e. The molecule has 1 amide bonds. The molecule has 2 aromatic heterocycles. The maximum atomic E-state index is 13.1. The molecule has 0 unspecified atom stereocenters. The Morgan fingerprint density at radius 2 is 1.62 bits per heavy atom. The lowest BCUT2D eigenvalue weighted by Gasteiger charge is -2.35. The van der Waals surface area contributed by atoms with Gasteiger partial charge < -0.3 is 14.2 Å². The number of anilines is 1. The van der Waals surface area contributed by atoms with E-state index in [1.54, 1.807) is 4.90 Å². The predicted molar refractivity (Wildman–Crippen MR) is 157 cm³/mol. The van der Waals surface area contributed by atoms with Crippen molar-refractivity contribution in [3.8, 4) is 17.1 Å². The van der Waals surface area contributed by atoms with Crippen LogP contribution in [0.4, 0.5) is 5.69 Å². The highest BCUT2D eigenvalue weighted by atomic mass is 35.5. The van der Waals surface area contributed by atoms with Crippen LogP contribution in [0.3, 0.4) is 0 Å². The molecule has 3 aromatic carbocycles. The van der Waals surface area contributed by atoms with E-state index in [0.29, 0.717) is 51.5 Å². The van der Waals surface area contributed by atoms with Crippen molar-refractivity contribution in [3.63, 3.8) is 0 Å². The maximum Gasteiger partial charge on any atom is 0.275 e. The molecule has 0 saturated carbocycles. The Balaban J connectivity index is 1.14. The summed E-state index contributed by atoms with van der Waals surface area (Å²) in [5.41, 5.74) is 3.05. The Morgan fingerprint density at radius 1 is 0.875 bits per heavy atom. The van der Waals surface area contributed by atoms with E-state index >= 15 is 0 Å². The minimum atomic E-state index is -0.140. The number of piperazine rings is 1. The molecule has 0 spiro atoms. The highest BCUT2D eigenvalue weighted by Crippen LogP contribution is 2.33. The number of rotatable bonds is 7. The molecule has 3 heterocycles. The van der Waals surface area contributed by atoms with Gasteiger partial charge in [-0.3, -0.25) is 9.36 Å². The summed E-state index contributed by atoms with van der Waals surface area (Å²) >= 11 is 14.0. The fourth-order valence-corrected chi connectivity index (χ4v) is 5.80. The highest BCUT2D eigenvalue weighted by Gasteiger charge is 2.25. The number of carbonyl (C=O) groups excluding carboxylic acids is 1. The largest absolute Gasteiger partial charge is 0.447 e. The number of oxazole rings is 1. The first-order valence-corrected chi connectivity index (χ1v) is 14.4. The van der Waals surface area contributed by atoms with Gasteiger partial charge in [0.25, 0.3) is 5.91 Å². The summed E-state index contributed by atoms with van der Waals surface area (Å²) in [5.74, 6) is 1.31. The van der Waals surface area contributed by atoms with Gasteiger partial charge in [0.2, 0.25) is 5.89 Å². The third-order valence-electron chi connectivity index (χ3n) is 6.60. The summed E-state index contributed by atoms with van der Waals surface area (Å²) in [5, 5.41) is 10.8. The molecule has 0 bridgehead atoms. The Kier molecular flexibility index (Phi) is 7.77. The van der Waals surface area contributed by atoms with E-state index in [9.17, 15) is 4.79 Å². The third-order valence-corrected chi connectivity index (χ3v) is 8.08. The van der Waals surface area contributed by atoms with Gasteiger partial charge in [-0.15, -0.1) is 10.2 Å². The van der Waals surface area contributed by atoms with Gasteiger partial charge in [0.1, 0.15) is 6.26 Å². The van der Waals surface area contributed by atoms with Crippen LogP contribution in [-0.4, -0.2) is 56.7 Å². The van der Waals surface area contributed by atoms with Gasteiger partial charge in [0.15, 0.2) is 16.7 Å². The van der Waals surface area contributed by atoms with Gasteiger partial charge in [0.05, 0.1) is 10.8 Å². The zero-order valence-corrected chi connectivity index (χ0v) is 23.6. The minimum Gasteiger partial charge on any atom is -0.447 e. The number of thioether (sulfide) groups is 1. The zero-order chi connectivity index (χ0) is 27.5. The van der Waals surface area contributed by atoms with Gasteiger partial charge in [0, 0.05) is 48.1 Å². The van der Waals surface area contributed by atoms with Gasteiger partial charge in [-0.2, -0.15) is 0 Å². The number of benzene rings is 3. The van der Waals surface area contributed by atoms with E-state index in [-0.39, 0.29) is 5.91 Å². The molecule has 0 N–H and O–H groups in total.